The van der Waals surface area contributed by atoms with Gasteiger partial charge in [0, 0.05) is 6.52 Å². The number of carbonyl (C=O) groups is 2. The summed E-state index contributed by atoms with van der Waals surface area (Å²) in [4.78, 5) is 26.0. The fourth-order valence-electron chi connectivity index (χ4n) is 3.13. The minimum atomic E-state index is -1.13. The summed E-state index contributed by atoms with van der Waals surface area (Å²) in [5.41, 5.74) is 15.0. The van der Waals surface area contributed by atoms with Crippen molar-refractivity contribution in [3.8, 4) is 5.75 Å². The highest BCUT2D eigenvalue weighted by Crippen LogP contribution is 2.22. The summed E-state index contributed by atoms with van der Waals surface area (Å²) in [6.07, 6.45) is 3.45. The zero-order valence-corrected chi connectivity index (χ0v) is 17.0. The summed E-state index contributed by atoms with van der Waals surface area (Å²) < 4.78 is 8.44. The molecule has 2 rings (SSSR count). The topological polar surface area (TPSA) is 110 Å². The van der Waals surface area contributed by atoms with Gasteiger partial charge in [0.05, 0.1) is 7.41 Å². The number of hydrogen-bond acceptors (Lipinski definition) is 4. The molecule has 0 saturated heterocycles. The summed E-state index contributed by atoms with van der Waals surface area (Å²) in [7, 11) is 0. The molecule has 0 aliphatic carbocycles. The first-order chi connectivity index (χ1) is 14.1. The molecule has 2 aromatic rings. The van der Waals surface area contributed by atoms with E-state index in [1.165, 1.54) is 13.0 Å². The standard InChI is InChI=1S/C23H29N3O3/c1-15-12-19(27)13-16(2)20(15)14-21(24)23(29)26(17(3)22(25)28)11-7-10-18-8-5-4-6-9-18/h4-10,12-13,17,21,27H,11,14,24H2,1-3H3,(H2,25,28)/t17-,21-/m0/s1/i11D/t11?,17-,21-. The molecule has 0 heterocycles. The van der Waals surface area contributed by atoms with Gasteiger partial charge in [-0.25, -0.2) is 0 Å². The predicted molar refractivity (Wildman–Crippen MR) is 115 cm³/mol. The molecule has 2 amide bonds. The van der Waals surface area contributed by atoms with Crippen LogP contribution in [0.15, 0.2) is 48.5 Å². The van der Waals surface area contributed by atoms with Crippen LogP contribution in [0.25, 0.3) is 6.08 Å². The van der Waals surface area contributed by atoms with Crippen LogP contribution in [0, 0.1) is 13.8 Å². The molecule has 0 fully saturated rings. The van der Waals surface area contributed by atoms with Gasteiger partial charge >= 0.3 is 0 Å². The Morgan fingerprint density at radius 1 is 1.21 bits per heavy atom. The molecule has 3 atom stereocenters. The number of rotatable bonds is 8. The number of nitrogens with zero attached hydrogens (tertiary/aromatic N) is 1. The van der Waals surface area contributed by atoms with Crippen molar-refractivity contribution in [2.75, 3.05) is 6.52 Å². The van der Waals surface area contributed by atoms with Gasteiger partial charge in [0.25, 0.3) is 0 Å². The summed E-state index contributed by atoms with van der Waals surface area (Å²) in [6.45, 7) is 4.02. The van der Waals surface area contributed by atoms with E-state index in [1.54, 1.807) is 18.2 Å². The largest absolute Gasteiger partial charge is 0.508 e. The van der Waals surface area contributed by atoms with Crippen LogP contribution in [-0.2, 0) is 16.0 Å². The van der Waals surface area contributed by atoms with Crippen LogP contribution in [0.4, 0.5) is 0 Å². The van der Waals surface area contributed by atoms with E-state index in [0.29, 0.717) is 0 Å². The van der Waals surface area contributed by atoms with E-state index >= 15 is 0 Å². The first kappa shape index (κ1) is 20.6. The number of benzene rings is 2. The molecule has 0 aliphatic rings. The Bertz CT molecular complexity index is 908. The summed E-state index contributed by atoms with van der Waals surface area (Å²) >= 11 is 0. The minimum Gasteiger partial charge on any atom is -0.508 e. The Morgan fingerprint density at radius 3 is 2.34 bits per heavy atom. The van der Waals surface area contributed by atoms with Gasteiger partial charge in [-0.2, -0.15) is 0 Å². The Labute approximate surface area is 173 Å². The summed E-state index contributed by atoms with van der Waals surface area (Å²) in [5.74, 6) is -1.10. The van der Waals surface area contributed by atoms with Crippen molar-refractivity contribution >= 4 is 17.9 Å². The van der Waals surface area contributed by atoms with Gasteiger partial charge in [-0.1, -0.05) is 42.5 Å². The number of primary amides is 1. The third kappa shape index (κ3) is 5.93. The number of phenols is 1. The maximum Gasteiger partial charge on any atom is 0.240 e. The van der Waals surface area contributed by atoms with Crippen LogP contribution in [0.1, 0.15) is 30.5 Å². The van der Waals surface area contributed by atoms with E-state index in [9.17, 15) is 14.7 Å². The van der Waals surface area contributed by atoms with E-state index < -0.39 is 30.4 Å². The zero-order chi connectivity index (χ0) is 22.4. The number of aromatic hydroxyl groups is 1. The smallest absolute Gasteiger partial charge is 0.240 e. The Morgan fingerprint density at radius 2 is 1.79 bits per heavy atom. The maximum atomic E-state index is 13.1. The molecule has 0 aliphatic heterocycles. The highest BCUT2D eigenvalue weighted by molar-refractivity contribution is 5.89. The maximum absolute atomic E-state index is 13.1. The van der Waals surface area contributed by atoms with Crippen molar-refractivity contribution < 1.29 is 16.1 Å². The van der Waals surface area contributed by atoms with Gasteiger partial charge in [0.1, 0.15) is 11.8 Å². The number of amides is 2. The van der Waals surface area contributed by atoms with Crippen LogP contribution >= 0.6 is 0 Å². The number of phenolic OH excluding ortho intramolecular Hbond substituents is 1. The molecule has 6 heteroatoms. The molecule has 154 valence electrons. The summed E-state index contributed by atoms with van der Waals surface area (Å²) in [6, 6.07) is 10.6. The van der Waals surface area contributed by atoms with Gasteiger partial charge in [-0.3, -0.25) is 9.59 Å². The van der Waals surface area contributed by atoms with Crippen molar-refractivity contribution in [2.45, 2.75) is 39.3 Å². The number of nitrogens with two attached hydrogens (primary N) is 2. The van der Waals surface area contributed by atoms with Crippen LogP contribution in [0.2, 0.25) is 0 Å². The van der Waals surface area contributed by atoms with Crippen LogP contribution in [-0.4, -0.2) is 40.4 Å². The molecular formula is C23H29N3O3. The second-order valence-corrected chi connectivity index (χ2v) is 7.11. The molecule has 0 radical (unpaired) electrons. The molecule has 6 nitrogen and oxygen atoms in total. The summed E-state index contributed by atoms with van der Waals surface area (Å²) in [5, 5.41) is 9.72. The van der Waals surface area contributed by atoms with Crippen molar-refractivity contribution in [1.29, 1.82) is 0 Å². The molecule has 0 saturated carbocycles. The number of carbonyl (C=O) groups excluding carboxylic acids is 2. The van der Waals surface area contributed by atoms with E-state index in [1.807, 2.05) is 44.2 Å². The molecule has 0 aromatic heterocycles. The second kappa shape index (κ2) is 9.89. The van der Waals surface area contributed by atoms with Crippen LogP contribution < -0.4 is 11.5 Å². The fraction of sp³-hybridized carbons (Fsp3) is 0.304. The normalized spacial score (nSPS) is 14.8. The second-order valence-electron chi connectivity index (χ2n) is 7.11. The number of hydrogen-bond donors (Lipinski definition) is 3. The van der Waals surface area contributed by atoms with Gasteiger partial charge < -0.3 is 21.5 Å². The van der Waals surface area contributed by atoms with Crippen LogP contribution in [0.5, 0.6) is 5.75 Å². The molecule has 29 heavy (non-hydrogen) atoms. The first-order valence-electron chi connectivity index (χ1n) is 10.0. The first-order valence-corrected chi connectivity index (χ1v) is 9.43. The highest BCUT2D eigenvalue weighted by Gasteiger charge is 2.28. The third-order valence-electron chi connectivity index (χ3n) is 4.84. The minimum absolute atomic E-state index is 0.148. The lowest BCUT2D eigenvalue weighted by Crippen LogP contribution is -2.52. The number of aryl methyl sites for hydroxylation is 2. The van der Waals surface area contributed by atoms with Crippen molar-refractivity contribution in [1.82, 2.24) is 4.90 Å². The monoisotopic (exact) mass is 396 g/mol. The Kier molecular flexibility index (Phi) is 7.03. The molecule has 5 N–H and O–H groups in total. The van der Waals surface area contributed by atoms with E-state index in [2.05, 4.69) is 0 Å². The lowest BCUT2D eigenvalue weighted by Gasteiger charge is -2.29. The lowest BCUT2D eigenvalue weighted by molar-refractivity contribution is -0.139. The Balaban J connectivity index is 2.26. The van der Waals surface area contributed by atoms with Crippen molar-refractivity contribution in [3.05, 3.63) is 70.8 Å². The molecule has 0 spiro atoms. The average Bonchev–Trinajstić information content (AvgIpc) is 2.69. The molecule has 1 unspecified atom stereocenters. The fourth-order valence-corrected chi connectivity index (χ4v) is 3.13. The van der Waals surface area contributed by atoms with Gasteiger partial charge in [0.15, 0.2) is 0 Å². The van der Waals surface area contributed by atoms with Gasteiger partial charge in [-0.15, -0.1) is 0 Å². The van der Waals surface area contributed by atoms with E-state index in [0.717, 1.165) is 27.2 Å². The third-order valence-corrected chi connectivity index (χ3v) is 4.84. The van der Waals surface area contributed by atoms with Gasteiger partial charge in [-0.05, 0) is 61.6 Å². The van der Waals surface area contributed by atoms with E-state index in [-0.39, 0.29) is 12.2 Å². The highest BCUT2D eigenvalue weighted by atomic mass is 16.3. The van der Waals surface area contributed by atoms with Crippen LogP contribution in [0.3, 0.4) is 0 Å². The van der Waals surface area contributed by atoms with Crippen molar-refractivity contribution in [2.24, 2.45) is 11.5 Å². The van der Waals surface area contributed by atoms with Gasteiger partial charge in [0.2, 0.25) is 11.8 Å². The Hall–Kier alpha value is -3.12. The molecular weight excluding hydrogens is 366 g/mol. The average molecular weight is 397 g/mol. The SMILES string of the molecule is [2H]C(C=Cc1ccccc1)N(C(=O)[C@@H](N)Cc1c(C)cc(O)cc1C)[C@@H](C)C(N)=O. The van der Waals surface area contributed by atoms with E-state index in [4.69, 9.17) is 12.8 Å². The lowest BCUT2D eigenvalue weighted by atomic mass is 9.95. The van der Waals surface area contributed by atoms with Crippen molar-refractivity contribution in [3.63, 3.8) is 0 Å². The zero-order valence-electron chi connectivity index (χ0n) is 18.0. The predicted octanol–water partition coefficient (Wildman–Crippen LogP) is 2.29. The molecule has 0 bridgehead atoms. The quantitative estimate of drug-likeness (QED) is 0.636. The molecule has 2 aromatic carbocycles.